The second-order valence-corrected chi connectivity index (χ2v) is 10.5. The van der Waals surface area contributed by atoms with Crippen LogP contribution in [0.5, 0.6) is 5.75 Å². The Bertz CT molecular complexity index is 1070. The molecule has 2 aromatic rings. The fourth-order valence-corrected chi connectivity index (χ4v) is 5.49. The van der Waals surface area contributed by atoms with Crippen LogP contribution in [0.3, 0.4) is 0 Å². The van der Waals surface area contributed by atoms with Crippen LogP contribution in [-0.4, -0.2) is 6.61 Å². The van der Waals surface area contributed by atoms with Crippen molar-refractivity contribution < 1.29 is 4.74 Å². The summed E-state index contributed by atoms with van der Waals surface area (Å²) in [6, 6.07) is 11.4. The quantitative estimate of drug-likeness (QED) is 0.406. The van der Waals surface area contributed by atoms with Crippen LogP contribution in [-0.2, 0) is 24.7 Å². The molecule has 0 spiro atoms. The second kappa shape index (κ2) is 8.77. The highest BCUT2D eigenvalue weighted by Crippen LogP contribution is 2.49. The van der Waals surface area contributed by atoms with E-state index in [1.54, 1.807) is 0 Å². The lowest BCUT2D eigenvalue weighted by atomic mass is 9.63. The molecule has 1 atom stereocenters. The smallest absolute Gasteiger partial charge is 0.119 e. The topological polar surface area (TPSA) is 9.23 Å². The lowest BCUT2D eigenvalue weighted by molar-refractivity contribution is 0.317. The molecule has 0 heterocycles. The van der Waals surface area contributed by atoms with E-state index in [4.69, 9.17) is 4.74 Å². The summed E-state index contributed by atoms with van der Waals surface area (Å²) < 4.78 is 5.96. The molecule has 0 radical (unpaired) electrons. The Labute approximate surface area is 194 Å². The average molecular weight is 427 g/mol. The third-order valence-corrected chi connectivity index (χ3v) is 7.42. The molecular weight excluding hydrogens is 388 g/mol. The molecule has 32 heavy (non-hydrogen) atoms. The Morgan fingerprint density at radius 1 is 1.12 bits per heavy atom. The zero-order valence-corrected chi connectivity index (χ0v) is 20.4. The molecule has 0 aliphatic heterocycles. The predicted octanol–water partition coefficient (Wildman–Crippen LogP) is 8.11. The molecule has 4 rings (SSSR count). The zero-order chi connectivity index (χ0) is 22.9. The van der Waals surface area contributed by atoms with Crippen molar-refractivity contribution in [1.82, 2.24) is 0 Å². The minimum absolute atomic E-state index is 0.0708. The maximum Gasteiger partial charge on any atom is 0.119 e. The van der Waals surface area contributed by atoms with Gasteiger partial charge in [-0.1, -0.05) is 70.7 Å². The van der Waals surface area contributed by atoms with Gasteiger partial charge in [-0.2, -0.15) is 0 Å². The van der Waals surface area contributed by atoms with Gasteiger partial charge in [0, 0.05) is 5.41 Å². The van der Waals surface area contributed by atoms with E-state index in [0.29, 0.717) is 0 Å². The maximum absolute atomic E-state index is 5.96. The summed E-state index contributed by atoms with van der Waals surface area (Å²) in [6.45, 7) is 18.6. The molecule has 0 aromatic heterocycles. The fraction of sp³-hybridized carbons (Fsp3) is 0.419. The highest BCUT2D eigenvalue weighted by atomic mass is 16.5. The Hall–Kier alpha value is -2.54. The van der Waals surface area contributed by atoms with Crippen molar-refractivity contribution in [2.75, 3.05) is 6.61 Å². The SMILES string of the molecule is C=CCCc1cc(OCCC)ccc1C1(C)CCc2c(ccc3c2C=CC(C)(C)C3)C1=C. The molecule has 2 aliphatic rings. The van der Waals surface area contributed by atoms with Crippen molar-refractivity contribution >= 4 is 11.6 Å². The Morgan fingerprint density at radius 3 is 2.69 bits per heavy atom. The number of aryl methyl sites for hydroxylation is 1. The summed E-state index contributed by atoms with van der Waals surface area (Å²) in [4.78, 5) is 0. The Morgan fingerprint density at radius 2 is 1.94 bits per heavy atom. The van der Waals surface area contributed by atoms with Crippen LogP contribution in [0, 0.1) is 5.41 Å². The molecule has 0 N–H and O–H groups in total. The summed E-state index contributed by atoms with van der Waals surface area (Å²) in [7, 11) is 0. The summed E-state index contributed by atoms with van der Waals surface area (Å²) in [5.41, 5.74) is 9.95. The minimum Gasteiger partial charge on any atom is -0.494 e. The number of hydrogen-bond donors (Lipinski definition) is 0. The van der Waals surface area contributed by atoms with Gasteiger partial charge in [-0.25, -0.2) is 0 Å². The van der Waals surface area contributed by atoms with Gasteiger partial charge in [0.25, 0.3) is 0 Å². The first-order chi connectivity index (χ1) is 15.3. The summed E-state index contributed by atoms with van der Waals surface area (Å²) in [6.07, 6.45) is 13.0. The second-order valence-electron chi connectivity index (χ2n) is 10.5. The Kier molecular flexibility index (Phi) is 6.21. The van der Waals surface area contributed by atoms with Crippen molar-refractivity contribution in [3.63, 3.8) is 0 Å². The lowest BCUT2D eigenvalue weighted by Gasteiger charge is -2.41. The molecule has 0 saturated heterocycles. The van der Waals surface area contributed by atoms with Gasteiger partial charge in [-0.15, -0.1) is 6.58 Å². The monoisotopic (exact) mass is 426 g/mol. The van der Waals surface area contributed by atoms with E-state index in [0.717, 1.165) is 50.9 Å². The predicted molar refractivity (Wildman–Crippen MR) is 138 cm³/mol. The minimum atomic E-state index is -0.0708. The average Bonchev–Trinajstić information content (AvgIpc) is 2.77. The van der Waals surface area contributed by atoms with Gasteiger partial charge >= 0.3 is 0 Å². The van der Waals surface area contributed by atoms with Crippen molar-refractivity contribution in [2.45, 2.75) is 71.6 Å². The molecule has 1 unspecified atom stereocenters. The highest BCUT2D eigenvalue weighted by molar-refractivity contribution is 5.81. The van der Waals surface area contributed by atoms with Crippen LogP contribution in [0.1, 0.15) is 80.3 Å². The fourth-order valence-electron chi connectivity index (χ4n) is 5.49. The molecule has 0 saturated carbocycles. The first-order valence-electron chi connectivity index (χ1n) is 12.2. The first-order valence-corrected chi connectivity index (χ1v) is 12.2. The van der Waals surface area contributed by atoms with Crippen molar-refractivity contribution in [1.29, 1.82) is 0 Å². The van der Waals surface area contributed by atoms with Crippen LogP contribution in [0.4, 0.5) is 0 Å². The van der Waals surface area contributed by atoms with E-state index in [1.807, 2.05) is 6.08 Å². The molecule has 0 bridgehead atoms. The number of rotatable bonds is 7. The summed E-state index contributed by atoms with van der Waals surface area (Å²) in [5.74, 6) is 0.974. The van der Waals surface area contributed by atoms with Gasteiger partial charge in [0.15, 0.2) is 0 Å². The van der Waals surface area contributed by atoms with Gasteiger partial charge in [-0.3, -0.25) is 0 Å². The molecule has 1 nitrogen and oxygen atoms in total. The maximum atomic E-state index is 5.96. The van der Waals surface area contributed by atoms with E-state index in [1.165, 1.54) is 39.0 Å². The van der Waals surface area contributed by atoms with E-state index in [-0.39, 0.29) is 10.8 Å². The van der Waals surface area contributed by atoms with Crippen LogP contribution in [0.2, 0.25) is 0 Å². The van der Waals surface area contributed by atoms with Gasteiger partial charge in [-0.05, 0) is 95.0 Å². The lowest BCUT2D eigenvalue weighted by Crippen LogP contribution is -2.31. The molecule has 0 fully saturated rings. The van der Waals surface area contributed by atoms with Gasteiger partial charge in [0.2, 0.25) is 0 Å². The van der Waals surface area contributed by atoms with Crippen LogP contribution < -0.4 is 4.74 Å². The molecule has 1 heteroatoms. The van der Waals surface area contributed by atoms with Crippen LogP contribution in [0.25, 0.3) is 11.6 Å². The third-order valence-electron chi connectivity index (χ3n) is 7.42. The third kappa shape index (κ3) is 4.10. The van der Waals surface area contributed by atoms with E-state index < -0.39 is 0 Å². The van der Waals surface area contributed by atoms with Crippen molar-refractivity contribution in [2.24, 2.45) is 5.41 Å². The molecular formula is C31H38O. The van der Waals surface area contributed by atoms with Crippen LogP contribution in [0.15, 0.2) is 55.6 Å². The highest BCUT2D eigenvalue weighted by Gasteiger charge is 2.38. The molecule has 2 aliphatic carbocycles. The van der Waals surface area contributed by atoms with Crippen LogP contribution >= 0.6 is 0 Å². The van der Waals surface area contributed by atoms with Crippen molar-refractivity contribution in [3.05, 3.63) is 89.0 Å². The zero-order valence-electron chi connectivity index (χ0n) is 20.4. The number of allylic oxidation sites excluding steroid dienone is 3. The number of hydrogen-bond acceptors (Lipinski definition) is 1. The van der Waals surface area contributed by atoms with Gasteiger partial charge in [0.1, 0.15) is 5.75 Å². The van der Waals surface area contributed by atoms with E-state index in [2.05, 4.69) is 83.3 Å². The largest absolute Gasteiger partial charge is 0.494 e. The molecule has 168 valence electrons. The Balaban J connectivity index is 1.73. The van der Waals surface area contributed by atoms with Crippen molar-refractivity contribution in [3.8, 4) is 5.75 Å². The molecule has 0 amide bonds. The standard InChI is InChI=1S/C31H38O/c1-7-9-10-23-20-25(32-19-8-2)12-14-29(23)31(6)18-16-28-26(22(31)3)13-11-24-21-30(4,5)17-15-27(24)28/h7,11-15,17,20H,1,3,8-10,16,18-19,21H2,2,4-6H3. The molecule has 2 aromatic carbocycles. The van der Waals surface area contributed by atoms with Gasteiger partial charge in [0.05, 0.1) is 6.61 Å². The van der Waals surface area contributed by atoms with Gasteiger partial charge < -0.3 is 4.74 Å². The normalized spacial score (nSPS) is 21.1. The first kappa shape index (κ1) is 22.6. The van der Waals surface area contributed by atoms with E-state index >= 15 is 0 Å². The summed E-state index contributed by atoms with van der Waals surface area (Å²) >= 11 is 0. The summed E-state index contributed by atoms with van der Waals surface area (Å²) in [5, 5.41) is 0. The number of fused-ring (bicyclic) bond motifs is 3. The number of benzene rings is 2. The van der Waals surface area contributed by atoms with E-state index in [9.17, 15) is 0 Å². The number of ether oxygens (including phenoxy) is 1.